The smallest absolute Gasteiger partial charge is 0.340 e. The van der Waals surface area contributed by atoms with Gasteiger partial charge in [-0.15, -0.1) is 0 Å². The van der Waals surface area contributed by atoms with Crippen molar-refractivity contribution in [2.75, 3.05) is 11.9 Å². The summed E-state index contributed by atoms with van der Waals surface area (Å²) in [7, 11) is -3.86. The van der Waals surface area contributed by atoms with Gasteiger partial charge >= 0.3 is 5.69 Å². The number of rotatable bonds is 6. The lowest BCUT2D eigenvalue weighted by molar-refractivity contribution is 0.597. The monoisotopic (exact) mass is 376 g/mol. The predicted octanol–water partition coefficient (Wildman–Crippen LogP) is -0.0524. The van der Waals surface area contributed by atoms with Gasteiger partial charge in [-0.3, -0.25) is 4.98 Å². The van der Waals surface area contributed by atoms with Crippen LogP contribution in [0.5, 0.6) is 0 Å². The molecule has 0 saturated heterocycles. The van der Waals surface area contributed by atoms with Gasteiger partial charge in [-0.2, -0.15) is 5.10 Å². The second kappa shape index (κ2) is 6.37. The fourth-order valence-electron chi connectivity index (χ4n) is 1.66. The summed E-state index contributed by atoms with van der Waals surface area (Å²) < 4.78 is 23.5. The minimum absolute atomic E-state index is 0.0787. The standard InChI is InChI=1S/C10H13BrN6O3S/c11-6-4-7(21(12,19)20)9(14-5-6)13-3-1-2-8-15-10(18)17-16-8/h4-5H,1-3H2,(H,13,14)(H2,12,19,20)(H2,15,16,17,18). The first-order valence-electron chi connectivity index (χ1n) is 5.92. The lowest BCUT2D eigenvalue weighted by atomic mass is 10.3. The van der Waals surface area contributed by atoms with Gasteiger partial charge in [-0.1, -0.05) is 0 Å². The molecule has 0 spiro atoms. The van der Waals surface area contributed by atoms with E-state index < -0.39 is 10.0 Å². The topological polar surface area (TPSA) is 147 Å². The Morgan fingerprint density at radius 2 is 2.19 bits per heavy atom. The molecule has 0 bridgehead atoms. The number of hydrogen-bond acceptors (Lipinski definition) is 6. The summed E-state index contributed by atoms with van der Waals surface area (Å²) in [4.78, 5) is 17.3. The lowest BCUT2D eigenvalue weighted by Crippen LogP contribution is -2.16. The lowest BCUT2D eigenvalue weighted by Gasteiger charge is -2.09. The first-order chi connectivity index (χ1) is 9.86. The number of aromatic amines is 2. The highest BCUT2D eigenvalue weighted by Gasteiger charge is 2.15. The number of H-pyrrole nitrogens is 2. The Labute approximate surface area is 128 Å². The molecule has 0 atom stereocenters. The maximum atomic E-state index is 11.5. The van der Waals surface area contributed by atoms with Gasteiger partial charge in [0, 0.05) is 23.6 Å². The number of halogens is 1. The number of hydrogen-bond donors (Lipinski definition) is 4. The van der Waals surface area contributed by atoms with Crippen LogP contribution in [0.15, 0.2) is 26.4 Å². The number of aryl methyl sites for hydroxylation is 1. The Bertz CT molecular complexity index is 784. The number of primary sulfonamides is 1. The molecular weight excluding hydrogens is 364 g/mol. The predicted molar refractivity (Wildman–Crippen MR) is 79.3 cm³/mol. The highest BCUT2D eigenvalue weighted by Crippen LogP contribution is 2.21. The van der Waals surface area contributed by atoms with Crippen LogP contribution < -0.4 is 16.1 Å². The molecule has 2 rings (SSSR count). The van der Waals surface area contributed by atoms with Crippen molar-refractivity contribution < 1.29 is 8.42 Å². The molecule has 0 aliphatic carbocycles. The minimum Gasteiger partial charge on any atom is -0.369 e. The molecule has 2 aromatic heterocycles. The van der Waals surface area contributed by atoms with Gasteiger partial charge in [0.25, 0.3) is 0 Å². The molecule has 0 aromatic carbocycles. The second-order valence-corrected chi connectivity index (χ2v) is 6.65. The number of nitrogens with two attached hydrogens (primary N) is 1. The van der Waals surface area contributed by atoms with Crippen LogP contribution in [0.4, 0.5) is 5.82 Å². The highest BCUT2D eigenvalue weighted by molar-refractivity contribution is 9.10. The average molecular weight is 377 g/mol. The van der Waals surface area contributed by atoms with Gasteiger partial charge in [0.15, 0.2) is 0 Å². The van der Waals surface area contributed by atoms with Gasteiger partial charge in [-0.25, -0.2) is 28.4 Å². The molecule has 0 unspecified atom stereocenters. The van der Waals surface area contributed by atoms with Crippen LogP contribution in [0.3, 0.4) is 0 Å². The quantitative estimate of drug-likeness (QED) is 0.519. The van der Waals surface area contributed by atoms with Crippen molar-refractivity contribution in [2.24, 2.45) is 5.14 Å². The summed E-state index contributed by atoms with van der Waals surface area (Å²) >= 11 is 3.15. The van der Waals surface area contributed by atoms with Crippen molar-refractivity contribution in [1.82, 2.24) is 20.2 Å². The van der Waals surface area contributed by atoms with Crippen molar-refractivity contribution in [3.8, 4) is 0 Å². The largest absolute Gasteiger partial charge is 0.369 e. The van der Waals surface area contributed by atoms with E-state index in [9.17, 15) is 13.2 Å². The maximum absolute atomic E-state index is 11.5. The van der Waals surface area contributed by atoms with Crippen LogP contribution in [0.1, 0.15) is 12.2 Å². The van der Waals surface area contributed by atoms with E-state index in [0.29, 0.717) is 29.7 Å². The van der Waals surface area contributed by atoms with Crippen molar-refractivity contribution in [3.05, 3.63) is 33.0 Å². The van der Waals surface area contributed by atoms with Crippen LogP contribution in [-0.2, 0) is 16.4 Å². The number of aromatic nitrogens is 4. The Morgan fingerprint density at radius 1 is 1.43 bits per heavy atom. The van der Waals surface area contributed by atoms with E-state index in [-0.39, 0.29) is 16.4 Å². The number of nitrogens with zero attached hydrogens (tertiary/aromatic N) is 2. The third-order valence-corrected chi connectivity index (χ3v) is 3.92. The molecule has 0 aliphatic rings. The number of nitrogens with one attached hydrogen (secondary N) is 3. The fourth-order valence-corrected chi connectivity index (χ4v) is 2.82. The zero-order chi connectivity index (χ0) is 15.5. The molecule has 114 valence electrons. The van der Waals surface area contributed by atoms with E-state index in [1.54, 1.807) is 0 Å². The van der Waals surface area contributed by atoms with Crippen LogP contribution in [-0.4, -0.2) is 35.1 Å². The Kier molecular flexibility index (Phi) is 4.75. The Balaban J connectivity index is 1.98. The molecule has 0 amide bonds. The van der Waals surface area contributed by atoms with Gasteiger partial charge in [0.1, 0.15) is 16.5 Å². The maximum Gasteiger partial charge on any atom is 0.340 e. The van der Waals surface area contributed by atoms with Crippen LogP contribution in [0, 0.1) is 0 Å². The second-order valence-electron chi connectivity index (χ2n) is 4.20. The van der Waals surface area contributed by atoms with E-state index >= 15 is 0 Å². The summed E-state index contributed by atoms with van der Waals surface area (Å²) in [6, 6.07) is 1.38. The fraction of sp³-hybridized carbons (Fsp3) is 0.300. The van der Waals surface area contributed by atoms with Gasteiger partial charge in [-0.05, 0) is 28.4 Å². The molecule has 2 heterocycles. The molecule has 0 aliphatic heterocycles. The van der Waals surface area contributed by atoms with E-state index in [1.807, 2.05) is 0 Å². The van der Waals surface area contributed by atoms with Gasteiger partial charge in [0.05, 0.1) is 0 Å². The normalized spacial score (nSPS) is 11.5. The Morgan fingerprint density at radius 3 is 2.81 bits per heavy atom. The summed E-state index contributed by atoms with van der Waals surface area (Å²) in [6.45, 7) is 0.450. The number of anilines is 1. The minimum atomic E-state index is -3.86. The highest BCUT2D eigenvalue weighted by atomic mass is 79.9. The molecule has 0 saturated carbocycles. The number of sulfonamides is 1. The van der Waals surface area contributed by atoms with E-state index in [1.165, 1.54) is 12.3 Å². The van der Waals surface area contributed by atoms with Crippen LogP contribution in [0.25, 0.3) is 0 Å². The molecule has 0 fully saturated rings. The number of pyridine rings is 1. The van der Waals surface area contributed by atoms with E-state index in [2.05, 4.69) is 41.4 Å². The summed E-state index contributed by atoms with van der Waals surface area (Å²) in [5, 5.41) is 14.1. The van der Waals surface area contributed by atoms with Crippen LogP contribution >= 0.6 is 15.9 Å². The van der Waals surface area contributed by atoms with Crippen molar-refractivity contribution in [2.45, 2.75) is 17.7 Å². The molecule has 21 heavy (non-hydrogen) atoms. The molecule has 5 N–H and O–H groups in total. The molecule has 0 radical (unpaired) electrons. The molecule has 11 heteroatoms. The van der Waals surface area contributed by atoms with E-state index in [0.717, 1.165) is 0 Å². The molecule has 2 aromatic rings. The van der Waals surface area contributed by atoms with Crippen molar-refractivity contribution in [3.63, 3.8) is 0 Å². The van der Waals surface area contributed by atoms with Crippen molar-refractivity contribution in [1.29, 1.82) is 0 Å². The first-order valence-corrected chi connectivity index (χ1v) is 8.26. The van der Waals surface area contributed by atoms with Gasteiger partial charge in [0.2, 0.25) is 10.0 Å². The van der Waals surface area contributed by atoms with E-state index in [4.69, 9.17) is 5.14 Å². The van der Waals surface area contributed by atoms with Crippen molar-refractivity contribution >= 4 is 31.8 Å². The van der Waals surface area contributed by atoms with Crippen LogP contribution in [0.2, 0.25) is 0 Å². The summed E-state index contributed by atoms with van der Waals surface area (Å²) in [5.41, 5.74) is -0.357. The third kappa shape index (κ3) is 4.37. The first kappa shape index (κ1) is 15.7. The zero-order valence-electron chi connectivity index (χ0n) is 10.8. The SMILES string of the molecule is NS(=O)(=O)c1cc(Br)cnc1NCCCc1n[nH]c(=O)[nH]1. The molecule has 9 nitrogen and oxygen atoms in total. The zero-order valence-corrected chi connectivity index (χ0v) is 13.2. The van der Waals surface area contributed by atoms with Gasteiger partial charge < -0.3 is 5.32 Å². The third-order valence-electron chi connectivity index (χ3n) is 2.56. The molecular formula is C10H13BrN6O3S. The summed E-state index contributed by atoms with van der Waals surface area (Å²) in [5.74, 6) is 0.730. The summed E-state index contributed by atoms with van der Waals surface area (Å²) in [6.07, 6.45) is 2.64. The Hall–Kier alpha value is -1.72. The average Bonchev–Trinajstić information content (AvgIpc) is 2.81.